The Bertz CT molecular complexity index is 1250. The third-order valence-electron chi connectivity index (χ3n) is 4.84. The maximum atomic E-state index is 4.80. The van der Waals surface area contributed by atoms with E-state index in [1.165, 1.54) is 32.8 Å². The van der Waals surface area contributed by atoms with E-state index < -0.39 is 0 Å². The monoisotopic (exact) mass is 386 g/mol. The molecule has 0 aliphatic rings. The van der Waals surface area contributed by atoms with Crippen molar-refractivity contribution in [3.8, 4) is 11.3 Å². The minimum atomic E-state index is 0.999. The van der Waals surface area contributed by atoms with Gasteiger partial charge < -0.3 is 0 Å². The lowest BCUT2D eigenvalue weighted by molar-refractivity contribution is 1.26. The summed E-state index contributed by atoms with van der Waals surface area (Å²) >= 11 is 3.73. The van der Waals surface area contributed by atoms with Crippen LogP contribution in [-0.2, 0) is 0 Å². The van der Waals surface area contributed by atoms with E-state index in [-0.39, 0.29) is 0 Å². The third-order valence-corrected chi connectivity index (χ3v) is 5.50. The lowest BCUT2D eigenvalue weighted by atomic mass is 10.0. The molecule has 0 saturated heterocycles. The molecule has 5 rings (SSSR count). The summed E-state index contributed by atoms with van der Waals surface area (Å²) < 4.78 is 3.37. The van der Waals surface area contributed by atoms with Crippen LogP contribution in [0.3, 0.4) is 0 Å². The second-order valence-electron chi connectivity index (χ2n) is 6.30. The highest BCUT2D eigenvalue weighted by atomic mass is 79.9. The van der Waals surface area contributed by atoms with Gasteiger partial charge in [-0.3, -0.25) is 4.40 Å². The average Bonchev–Trinajstić information content (AvgIpc) is 3.07. The van der Waals surface area contributed by atoms with Crippen LogP contribution in [-0.4, -0.2) is 9.38 Å². The van der Waals surface area contributed by atoms with E-state index in [1.54, 1.807) is 0 Å². The number of nitrogens with zero attached hydrogens (tertiary/aromatic N) is 2. The summed E-state index contributed by atoms with van der Waals surface area (Å²) in [6.45, 7) is 2.14. The van der Waals surface area contributed by atoms with Crippen molar-refractivity contribution in [3.05, 3.63) is 83.0 Å². The van der Waals surface area contributed by atoms with Gasteiger partial charge in [0.25, 0.3) is 0 Å². The molecule has 3 aromatic carbocycles. The molecule has 3 heteroatoms. The Balaban J connectivity index is 2.05. The van der Waals surface area contributed by atoms with Crippen LogP contribution in [0.25, 0.3) is 38.6 Å². The van der Waals surface area contributed by atoms with Gasteiger partial charge >= 0.3 is 0 Å². The van der Waals surface area contributed by atoms with Gasteiger partial charge in [-0.15, -0.1) is 0 Å². The van der Waals surface area contributed by atoms with Crippen molar-refractivity contribution >= 4 is 43.3 Å². The molecule has 25 heavy (non-hydrogen) atoms. The predicted octanol–water partition coefficient (Wildman–Crippen LogP) is 6.38. The number of benzene rings is 3. The molecule has 0 N–H and O–H groups in total. The number of aromatic nitrogens is 2. The number of fused-ring (bicyclic) bond motifs is 6. The molecule has 0 atom stereocenters. The lowest BCUT2D eigenvalue weighted by Crippen LogP contribution is -1.95. The number of imidazole rings is 1. The smallest absolute Gasteiger partial charge is 0.145 e. The van der Waals surface area contributed by atoms with E-state index >= 15 is 0 Å². The highest BCUT2D eigenvalue weighted by molar-refractivity contribution is 9.10. The maximum absolute atomic E-state index is 4.80. The van der Waals surface area contributed by atoms with Crippen LogP contribution in [0, 0.1) is 6.92 Å². The number of pyridine rings is 1. The Morgan fingerprint density at radius 2 is 1.52 bits per heavy atom. The first-order valence-electron chi connectivity index (χ1n) is 8.28. The zero-order valence-corrected chi connectivity index (χ0v) is 15.3. The normalized spacial score (nSPS) is 11.6. The fourth-order valence-corrected chi connectivity index (χ4v) is 4.40. The SMILES string of the molecule is Cc1cccc(Br)c1-c1cnc2c3ccccc3c3ccccc3n12. The van der Waals surface area contributed by atoms with Crippen molar-refractivity contribution in [3.63, 3.8) is 0 Å². The first-order chi connectivity index (χ1) is 12.3. The molecule has 0 saturated carbocycles. The van der Waals surface area contributed by atoms with Crippen LogP contribution in [0.1, 0.15) is 5.56 Å². The average molecular weight is 387 g/mol. The molecule has 2 heterocycles. The van der Waals surface area contributed by atoms with Gasteiger partial charge in [0, 0.05) is 20.8 Å². The third kappa shape index (κ3) is 2.06. The van der Waals surface area contributed by atoms with E-state index in [4.69, 9.17) is 4.98 Å². The number of para-hydroxylation sites is 1. The van der Waals surface area contributed by atoms with Crippen LogP contribution in [0.4, 0.5) is 0 Å². The fraction of sp³-hybridized carbons (Fsp3) is 0.0455. The number of hydrogen-bond donors (Lipinski definition) is 0. The van der Waals surface area contributed by atoms with Crippen LogP contribution >= 0.6 is 15.9 Å². The topological polar surface area (TPSA) is 17.3 Å². The maximum Gasteiger partial charge on any atom is 0.145 e. The van der Waals surface area contributed by atoms with Gasteiger partial charge in [-0.1, -0.05) is 70.5 Å². The first-order valence-corrected chi connectivity index (χ1v) is 9.07. The van der Waals surface area contributed by atoms with Crippen molar-refractivity contribution in [1.29, 1.82) is 0 Å². The van der Waals surface area contributed by atoms with Crippen LogP contribution in [0.2, 0.25) is 0 Å². The van der Waals surface area contributed by atoms with Gasteiger partial charge in [0.1, 0.15) is 5.65 Å². The summed E-state index contributed by atoms with van der Waals surface area (Å²) in [5.41, 5.74) is 5.71. The molecule has 0 aliphatic heterocycles. The fourth-order valence-electron chi connectivity index (χ4n) is 3.73. The van der Waals surface area contributed by atoms with Crippen LogP contribution < -0.4 is 0 Å². The zero-order chi connectivity index (χ0) is 17.0. The first kappa shape index (κ1) is 14.7. The molecule has 0 radical (unpaired) electrons. The Labute approximate surface area is 153 Å². The molecule has 2 nitrogen and oxygen atoms in total. The highest BCUT2D eigenvalue weighted by Crippen LogP contribution is 2.36. The summed E-state index contributed by atoms with van der Waals surface area (Å²) in [5, 5.41) is 3.67. The van der Waals surface area contributed by atoms with Gasteiger partial charge in [0.15, 0.2) is 0 Å². The number of halogens is 1. The summed E-state index contributed by atoms with van der Waals surface area (Å²) in [6, 6.07) is 23.3. The number of rotatable bonds is 1. The Hall–Kier alpha value is -2.65. The molecule has 5 aromatic rings. The van der Waals surface area contributed by atoms with Crippen molar-refractivity contribution in [1.82, 2.24) is 9.38 Å². The van der Waals surface area contributed by atoms with Crippen LogP contribution in [0.15, 0.2) is 77.4 Å². The standard InChI is InChI=1S/C22H15BrN2/c1-14-7-6-11-18(23)21(14)20-13-24-22-17-10-3-2-8-15(17)16-9-4-5-12-19(16)25(20)22/h2-13H,1H3. The van der Waals surface area contributed by atoms with Gasteiger partial charge in [0.05, 0.1) is 17.4 Å². The quantitative estimate of drug-likeness (QED) is 0.305. The summed E-state index contributed by atoms with van der Waals surface area (Å²) in [4.78, 5) is 4.80. The Kier molecular flexibility index (Phi) is 3.19. The molecule has 120 valence electrons. The molecule has 0 bridgehead atoms. The van der Waals surface area contributed by atoms with Crippen LogP contribution in [0.5, 0.6) is 0 Å². The van der Waals surface area contributed by atoms with Gasteiger partial charge in [-0.05, 0) is 30.0 Å². The molecule has 0 fully saturated rings. The van der Waals surface area contributed by atoms with Crippen molar-refractivity contribution in [2.24, 2.45) is 0 Å². The second-order valence-corrected chi connectivity index (χ2v) is 7.15. The molecular formula is C22H15BrN2. The highest BCUT2D eigenvalue weighted by Gasteiger charge is 2.16. The van der Waals surface area contributed by atoms with Crippen molar-refractivity contribution in [2.75, 3.05) is 0 Å². The number of hydrogen-bond acceptors (Lipinski definition) is 1. The van der Waals surface area contributed by atoms with E-state index in [0.717, 1.165) is 15.8 Å². The van der Waals surface area contributed by atoms with Crippen molar-refractivity contribution < 1.29 is 0 Å². The van der Waals surface area contributed by atoms with E-state index in [1.807, 2.05) is 6.20 Å². The summed E-state index contributed by atoms with van der Waals surface area (Å²) in [5.74, 6) is 0. The van der Waals surface area contributed by atoms with E-state index in [9.17, 15) is 0 Å². The minimum Gasteiger partial charge on any atom is -0.292 e. The van der Waals surface area contributed by atoms with E-state index in [0.29, 0.717) is 0 Å². The Morgan fingerprint density at radius 1 is 0.800 bits per heavy atom. The molecule has 0 unspecified atom stereocenters. The van der Waals surface area contributed by atoms with Crippen molar-refractivity contribution in [2.45, 2.75) is 6.92 Å². The van der Waals surface area contributed by atoms with Gasteiger partial charge in [-0.25, -0.2) is 4.98 Å². The molecular weight excluding hydrogens is 372 g/mol. The predicted molar refractivity (Wildman–Crippen MR) is 108 cm³/mol. The minimum absolute atomic E-state index is 0.999. The molecule has 0 aliphatic carbocycles. The molecule has 0 spiro atoms. The molecule has 2 aromatic heterocycles. The number of aryl methyl sites for hydroxylation is 1. The summed E-state index contributed by atoms with van der Waals surface area (Å²) in [6.07, 6.45) is 1.99. The molecule has 0 amide bonds. The zero-order valence-electron chi connectivity index (χ0n) is 13.7. The second kappa shape index (κ2) is 5.43. The summed E-state index contributed by atoms with van der Waals surface area (Å²) in [7, 11) is 0. The van der Waals surface area contributed by atoms with E-state index in [2.05, 4.69) is 94.0 Å². The van der Waals surface area contributed by atoms with Gasteiger partial charge in [0.2, 0.25) is 0 Å². The largest absolute Gasteiger partial charge is 0.292 e. The Morgan fingerprint density at radius 3 is 2.32 bits per heavy atom. The lowest BCUT2D eigenvalue weighted by Gasteiger charge is -2.13. The van der Waals surface area contributed by atoms with Gasteiger partial charge in [-0.2, -0.15) is 0 Å².